The summed E-state index contributed by atoms with van der Waals surface area (Å²) in [7, 11) is 4.51. The van der Waals surface area contributed by atoms with Crippen molar-refractivity contribution in [3.63, 3.8) is 0 Å². The van der Waals surface area contributed by atoms with Crippen LogP contribution in [0.1, 0.15) is 42.7 Å². The summed E-state index contributed by atoms with van der Waals surface area (Å²) >= 11 is 0. The first kappa shape index (κ1) is 21.8. The summed E-state index contributed by atoms with van der Waals surface area (Å²) in [4.78, 5) is 31.1. The lowest BCUT2D eigenvalue weighted by atomic mass is 9.69. The van der Waals surface area contributed by atoms with Crippen LogP contribution in [-0.4, -0.2) is 38.8 Å². The van der Waals surface area contributed by atoms with Crippen molar-refractivity contribution in [2.75, 3.05) is 21.3 Å². The number of carbonyl (C=O) groups is 2. The van der Waals surface area contributed by atoms with E-state index in [9.17, 15) is 9.59 Å². The molecule has 1 aliphatic heterocycles. The van der Waals surface area contributed by atoms with E-state index in [4.69, 9.17) is 19.2 Å². The van der Waals surface area contributed by atoms with E-state index in [1.54, 1.807) is 20.3 Å². The van der Waals surface area contributed by atoms with Crippen molar-refractivity contribution in [2.24, 2.45) is 10.9 Å². The minimum atomic E-state index is -0.696. The second-order valence-electron chi connectivity index (χ2n) is 8.14. The summed E-state index contributed by atoms with van der Waals surface area (Å²) in [6.45, 7) is 1.82. The Morgan fingerprint density at radius 1 is 1.00 bits per heavy atom. The summed E-state index contributed by atoms with van der Waals surface area (Å²) in [6, 6.07) is 15.5. The SMILES string of the molecule is COC(=O)C1C(C)=NC2=C(C(=O)C[C@H](c3ccccc3)C2)[C@@H]1c1ccc(OC)cc1OC. The molecule has 3 atom stereocenters. The Kier molecular flexibility index (Phi) is 6.12. The molecule has 2 aliphatic rings. The molecular formula is C26H27NO5. The lowest BCUT2D eigenvalue weighted by molar-refractivity contribution is -0.143. The van der Waals surface area contributed by atoms with E-state index in [1.165, 1.54) is 7.11 Å². The number of carbonyl (C=O) groups excluding carboxylic acids is 2. The molecule has 0 amide bonds. The number of ketones is 1. The number of Topliss-reactive ketones (excluding diaryl/α,β-unsaturated/α-hetero) is 1. The van der Waals surface area contributed by atoms with Crippen molar-refractivity contribution in [1.82, 2.24) is 0 Å². The van der Waals surface area contributed by atoms with E-state index < -0.39 is 17.8 Å². The van der Waals surface area contributed by atoms with Crippen LogP contribution in [-0.2, 0) is 14.3 Å². The van der Waals surface area contributed by atoms with E-state index in [-0.39, 0.29) is 11.7 Å². The van der Waals surface area contributed by atoms with Gasteiger partial charge in [0.15, 0.2) is 5.78 Å². The Labute approximate surface area is 187 Å². The molecule has 1 heterocycles. The zero-order valence-corrected chi connectivity index (χ0v) is 18.8. The van der Waals surface area contributed by atoms with Crippen LogP contribution < -0.4 is 9.47 Å². The Bertz CT molecular complexity index is 1100. The van der Waals surface area contributed by atoms with Gasteiger partial charge in [-0.25, -0.2) is 0 Å². The third-order valence-corrected chi connectivity index (χ3v) is 6.39. The molecule has 0 N–H and O–H groups in total. The van der Waals surface area contributed by atoms with Gasteiger partial charge in [0.1, 0.15) is 17.4 Å². The van der Waals surface area contributed by atoms with Crippen LogP contribution in [0.25, 0.3) is 0 Å². The number of hydrogen-bond acceptors (Lipinski definition) is 6. The second kappa shape index (κ2) is 8.99. The van der Waals surface area contributed by atoms with E-state index in [0.29, 0.717) is 35.6 Å². The van der Waals surface area contributed by atoms with Crippen LogP contribution in [0.4, 0.5) is 0 Å². The Morgan fingerprint density at radius 2 is 1.75 bits per heavy atom. The van der Waals surface area contributed by atoms with Crippen LogP contribution in [0.2, 0.25) is 0 Å². The molecule has 0 radical (unpaired) electrons. The molecule has 0 saturated heterocycles. The number of methoxy groups -OCH3 is 3. The number of ether oxygens (including phenoxy) is 3. The predicted octanol–water partition coefficient (Wildman–Crippen LogP) is 4.45. The Balaban J connectivity index is 1.86. The maximum Gasteiger partial charge on any atom is 0.315 e. The van der Waals surface area contributed by atoms with Crippen molar-refractivity contribution in [2.45, 2.75) is 31.6 Å². The molecule has 2 aromatic carbocycles. The molecule has 0 saturated carbocycles. The van der Waals surface area contributed by atoms with Crippen LogP contribution in [0.15, 0.2) is 64.8 Å². The average molecular weight is 434 g/mol. The van der Waals surface area contributed by atoms with E-state index in [2.05, 4.69) is 0 Å². The van der Waals surface area contributed by atoms with E-state index >= 15 is 0 Å². The molecule has 166 valence electrons. The van der Waals surface area contributed by atoms with Crippen molar-refractivity contribution in [3.05, 3.63) is 70.9 Å². The first-order valence-corrected chi connectivity index (χ1v) is 10.6. The van der Waals surface area contributed by atoms with Gasteiger partial charge in [0, 0.05) is 41.0 Å². The zero-order valence-electron chi connectivity index (χ0n) is 18.8. The highest BCUT2D eigenvalue weighted by atomic mass is 16.5. The number of aliphatic imine (C=N–C) groups is 1. The van der Waals surface area contributed by atoms with Gasteiger partial charge in [-0.05, 0) is 30.9 Å². The Hall–Kier alpha value is -3.41. The minimum absolute atomic E-state index is 0.00753. The molecule has 1 unspecified atom stereocenters. The molecule has 0 fully saturated rings. The highest BCUT2D eigenvalue weighted by Gasteiger charge is 2.45. The predicted molar refractivity (Wildman–Crippen MR) is 121 cm³/mol. The van der Waals surface area contributed by atoms with Gasteiger partial charge in [-0.1, -0.05) is 36.4 Å². The molecule has 4 rings (SSSR count). The maximum absolute atomic E-state index is 13.5. The minimum Gasteiger partial charge on any atom is -0.497 e. The van der Waals surface area contributed by atoms with Crippen LogP contribution in [0.3, 0.4) is 0 Å². The van der Waals surface area contributed by atoms with Gasteiger partial charge in [-0.15, -0.1) is 0 Å². The number of allylic oxidation sites excluding steroid dienone is 2. The van der Waals surface area contributed by atoms with Crippen molar-refractivity contribution in [1.29, 1.82) is 0 Å². The fraction of sp³-hybridized carbons (Fsp3) is 0.346. The molecule has 6 nitrogen and oxygen atoms in total. The van der Waals surface area contributed by atoms with Crippen LogP contribution >= 0.6 is 0 Å². The highest BCUT2D eigenvalue weighted by molar-refractivity contribution is 6.09. The molecule has 0 bridgehead atoms. The molecule has 32 heavy (non-hydrogen) atoms. The van der Waals surface area contributed by atoms with Gasteiger partial charge >= 0.3 is 5.97 Å². The van der Waals surface area contributed by atoms with E-state index in [0.717, 1.165) is 16.8 Å². The van der Waals surface area contributed by atoms with Crippen molar-refractivity contribution >= 4 is 17.5 Å². The fourth-order valence-corrected chi connectivity index (χ4v) is 4.86. The average Bonchev–Trinajstić information content (AvgIpc) is 2.82. The van der Waals surface area contributed by atoms with Crippen LogP contribution in [0.5, 0.6) is 11.5 Å². The molecule has 0 aromatic heterocycles. The number of hydrogen-bond donors (Lipinski definition) is 0. The van der Waals surface area contributed by atoms with Gasteiger partial charge in [0.2, 0.25) is 0 Å². The third-order valence-electron chi connectivity index (χ3n) is 6.39. The summed E-state index contributed by atoms with van der Waals surface area (Å²) < 4.78 is 16.1. The lowest BCUT2D eigenvalue weighted by Crippen LogP contribution is -2.38. The second-order valence-corrected chi connectivity index (χ2v) is 8.14. The molecule has 0 spiro atoms. The van der Waals surface area contributed by atoms with Crippen LogP contribution in [0, 0.1) is 5.92 Å². The number of nitrogens with zero attached hydrogens (tertiary/aromatic N) is 1. The number of esters is 1. The molecule has 1 aliphatic carbocycles. The third kappa shape index (κ3) is 3.81. The molecular weight excluding hydrogens is 406 g/mol. The molecule has 6 heteroatoms. The van der Waals surface area contributed by atoms with Gasteiger partial charge in [0.05, 0.1) is 21.3 Å². The van der Waals surface area contributed by atoms with Gasteiger partial charge in [-0.2, -0.15) is 0 Å². The monoisotopic (exact) mass is 433 g/mol. The maximum atomic E-state index is 13.5. The normalized spacial score (nSPS) is 22.7. The first-order valence-electron chi connectivity index (χ1n) is 10.6. The topological polar surface area (TPSA) is 74.2 Å². The highest BCUT2D eigenvalue weighted by Crippen LogP contribution is 2.49. The summed E-state index contributed by atoms with van der Waals surface area (Å²) in [5.41, 5.74) is 3.84. The quantitative estimate of drug-likeness (QED) is 0.651. The standard InChI is InChI=1S/C26H27NO5/c1-15-23(26(29)32-4)24(19-11-10-18(30-2)14-22(19)31-3)25-20(27-15)12-17(13-21(25)28)16-8-6-5-7-9-16/h5-11,14,17,23-24H,12-13H2,1-4H3/t17-,23?,24-/m1/s1. The van der Waals surface area contributed by atoms with E-state index in [1.807, 2.05) is 49.4 Å². The first-order chi connectivity index (χ1) is 15.5. The van der Waals surface area contributed by atoms with Crippen molar-refractivity contribution in [3.8, 4) is 11.5 Å². The summed E-state index contributed by atoms with van der Waals surface area (Å²) in [5, 5.41) is 0. The lowest BCUT2D eigenvalue weighted by Gasteiger charge is -2.36. The number of rotatable bonds is 5. The fourth-order valence-electron chi connectivity index (χ4n) is 4.86. The van der Waals surface area contributed by atoms with Crippen molar-refractivity contribution < 1.29 is 23.8 Å². The smallest absolute Gasteiger partial charge is 0.315 e. The molecule has 2 aromatic rings. The van der Waals surface area contributed by atoms with Gasteiger partial charge in [-0.3, -0.25) is 14.6 Å². The summed E-state index contributed by atoms with van der Waals surface area (Å²) in [6.07, 6.45) is 1.02. The Morgan fingerprint density at radius 3 is 2.41 bits per heavy atom. The van der Waals surface area contributed by atoms with Gasteiger partial charge in [0.25, 0.3) is 0 Å². The zero-order chi connectivity index (χ0) is 22.8. The number of benzene rings is 2. The van der Waals surface area contributed by atoms with Gasteiger partial charge < -0.3 is 14.2 Å². The largest absolute Gasteiger partial charge is 0.497 e. The summed E-state index contributed by atoms with van der Waals surface area (Å²) in [5.74, 6) is -0.380.